The summed E-state index contributed by atoms with van der Waals surface area (Å²) in [5.74, 6) is 0.681. The van der Waals surface area contributed by atoms with Crippen LogP contribution >= 0.6 is 0 Å². The van der Waals surface area contributed by atoms with Gasteiger partial charge in [0.15, 0.2) is 0 Å². The Labute approximate surface area is 110 Å². The molecule has 18 heavy (non-hydrogen) atoms. The molecular formula is C14H25N3O. The normalized spacial score (nSPS) is 19.3. The van der Waals surface area contributed by atoms with Gasteiger partial charge in [0.1, 0.15) is 0 Å². The average Bonchev–Trinajstić information content (AvgIpc) is 2.79. The second kappa shape index (κ2) is 5.85. The molecule has 1 saturated heterocycles. The van der Waals surface area contributed by atoms with Crippen LogP contribution in [0.1, 0.15) is 39.3 Å². The van der Waals surface area contributed by atoms with E-state index in [-0.39, 0.29) is 5.54 Å². The Morgan fingerprint density at radius 2 is 2.17 bits per heavy atom. The number of aromatic nitrogens is 2. The largest absolute Gasteiger partial charge is 0.381 e. The van der Waals surface area contributed by atoms with Gasteiger partial charge in [0.25, 0.3) is 0 Å². The fourth-order valence-electron chi connectivity index (χ4n) is 2.31. The summed E-state index contributed by atoms with van der Waals surface area (Å²) in [6, 6.07) is 0. The number of hydrogen-bond donors (Lipinski definition) is 1. The number of hydrogen-bond acceptors (Lipinski definition) is 3. The molecular weight excluding hydrogens is 226 g/mol. The second-order valence-corrected chi connectivity index (χ2v) is 5.91. The molecule has 1 aromatic rings. The number of imidazole rings is 1. The van der Waals surface area contributed by atoms with E-state index in [0.717, 1.165) is 44.8 Å². The minimum absolute atomic E-state index is 0.182. The molecule has 4 nitrogen and oxygen atoms in total. The first-order chi connectivity index (χ1) is 8.60. The number of rotatable bonds is 5. The van der Waals surface area contributed by atoms with Crippen LogP contribution in [-0.4, -0.2) is 29.3 Å². The van der Waals surface area contributed by atoms with Crippen LogP contribution in [0.25, 0.3) is 0 Å². The minimum Gasteiger partial charge on any atom is -0.381 e. The van der Waals surface area contributed by atoms with E-state index in [4.69, 9.17) is 4.74 Å². The third kappa shape index (κ3) is 3.33. The van der Waals surface area contributed by atoms with Crippen LogP contribution in [0, 0.1) is 5.92 Å². The summed E-state index contributed by atoms with van der Waals surface area (Å²) in [5.41, 5.74) is 1.31. The summed E-state index contributed by atoms with van der Waals surface area (Å²) in [5, 5.41) is 3.43. The number of ether oxygens (including phenoxy) is 1. The van der Waals surface area contributed by atoms with Gasteiger partial charge < -0.3 is 14.6 Å². The van der Waals surface area contributed by atoms with Crippen molar-refractivity contribution in [1.29, 1.82) is 0 Å². The molecule has 0 atom stereocenters. The van der Waals surface area contributed by atoms with Crippen LogP contribution in [0.2, 0.25) is 0 Å². The highest BCUT2D eigenvalue weighted by Crippen LogP contribution is 2.28. The first-order valence-electron chi connectivity index (χ1n) is 6.92. The molecule has 0 spiro atoms. The van der Waals surface area contributed by atoms with Gasteiger partial charge in [0.05, 0.1) is 12.0 Å². The Bertz CT molecular complexity index is 367. The molecule has 0 aliphatic carbocycles. The zero-order valence-corrected chi connectivity index (χ0v) is 11.8. The lowest BCUT2D eigenvalue weighted by atomic mass is 9.92. The summed E-state index contributed by atoms with van der Waals surface area (Å²) >= 11 is 0. The van der Waals surface area contributed by atoms with Crippen LogP contribution in [-0.2, 0) is 16.8 Å². The quantitative estimate of drug-likeness (QED) is 0.871. The molecule has 1 aromatic heterocycles. The molecule has 0 bridgehead atoms. The van der Waals surface area contributed by atoms with E-state index in [1.807, 2.05) is 6.33 Å². The monoisotopic (exact) mass is 251 g/mol. The Morgan fingerprint density at radius 3 is 2.83 bits per heavy atom. The fourth-order valence-corrected chi connectivity index (χ4v) is 2.31. The van der Waals surface area contributed by atoms with Crippen LogP contribution < -0.4 is 5.32 Å². The van der Waals surface area contributed by atoms with Gasteiger partial charge in [-0.2, -0.15) is 0 Å². The Balaban J connectivity index is 1.92. The first kappa shape index (κ1) is 13.6. The Hall–Kier alpha value is -0.870. The predicted octanol–water partition coefficient (Wildman–Crippen LogP) is 2.15. The third-order valence-corrected chi connectivity index (χ3v) is 3.69. The highest BCUT2D eigenvalue weighted by molar-refractivity contribution is 5.01. The SMILES string of the molecule is CC(C)CNCc1cn(C2(C)CCOCC2)cn1. The summed E-state index contributed by atoms with van der Waals surface area (Å²) in [6.07, 6.45) is 6.29. The van der Waals surface area contributed by atoms with Crippen molar-refractivity contribution in [3.05, 3.63) is 18.2 Å². The van der Waals surface area contributed by atoms with Crippen molar-refractivity contribution in [2.75, 3.05) is 19.8 Å². The van der Waals surface area contributed by atoms with E-state index in [0.29, 0.717) is 5.92 Å². The lowest BCUT2D eigenvalue weighted by Crippen LogP contribution is -2.35. The molecule has 0 saturated carbocycles. The van der Waals surface area contributed by atoms with Gasteiger partial charge >= 0.3 is 0 Å². The smallest absolute Gasteiger partial charge is 0.0955 e. The van der Waals surface area contributed by atoms with Crippen molar-refractivity contribution in [2.24, 2.45) is 5.92 Å². The molecule has 0 unspecified atom stereocenters. The van der Waals surface area contributed by atoms with E-state index >= 15 is 0 Å². The maximum atomic E-state index is 5.44. The summed E-state index contributed by atoms with van der Waals surface area (Å²) in [4.78, 5) is 4.49. The summed E-state index contributed by atoms with van der Waals surface area (Å²) in [7, 11) is 0. The molecule has 1 N–H and O–H groups in total. The van der Waals surface area contributed by atoms with E-state index in [2.05, 4.69) is 41.8 Å². The van der Waals surface area contributed by atoms with Gasteiger partial charge in [0.2, 0.25) is 0 Å². The summed E-state index contributed by atoms with van der Waals surface area (Å²) < 4.78 is 7.70. The lowest BCUT2D eigenvalue weighted by molar-refractivity contribution is 0.0294. The van der Waals surface area contributed by atoms with Crippen molar-refractivity contribution < 1.29 is 4.74 Å². The van der Waals surface area contributed by atoms with Crippen LogP contribution in [0.4, 0.5) is 0 Å². The Morgan fingerprint density at radius 1 is 1.44 bits per heavy atom. The maximum absolute atomic E-state index is 5.44. The number of nitrogens with zero attached hydrogens (tertiary/aromatic N) is 2. The molecule has 0 aromatic carbocycles. The van der Waals surface area contributed by atoms with Crippen LogP contribution in [0.15, 0.2) is 12.5 Å². The van der Waals surface area contributed by atoms with Gasteiger partial charge in [-0.05, 0) is 32.2 Å². The maximum Gasteiger partial charge on any atom is 0.0955 e. The predicted molar refractivity (Wildman–Crippen MR) is 72.5 cm³/mol. The van der Waals surface area contributed by atoms with Crippen molar-refractivity contribution in [3.8, 4) is 0 Å². The van der Waals surface area contributed by atoms with E-state index in [9.17, 15) is 0 Å². The minimum atomic E-state index is 0.182. The van der Waals surface area contributed by atoms with Gasteiger partial charge in [-0.15, -0.1) is 0 Å². The summed E-state index contributed by atoms with van der Waals surface area (Å²) in [6.45, 7) is 10.3. The van der Waals surface area contributed by atoms with Crippen LogP contribution in [0.5, 0.6) is 0 Å². The molecule has 4 heteroatoms. The molecule has 1 aliphatic rings. The van der Waals surface area contributed by atoms with Gasteiger partial charge in [-0.1, -0.05) is 13.8 Å². The van der Waals surface area contributed by atoms with Gasteiger partial charge in [-0.3, -0.25) is 0 Å². The topological polar surface area (TPSA) is 39.1 Å². The van der Waals surface area contributed by atoms with Crippen molar-refractivity contribution >= 4 is 0 Å². The van der Waals surface area contributed by atoms with E-state index in [1.165, 1.54) is 0 Å². The van der Waals surface area contributed by atoms with E-state index < -0.39 is 0 Å². The van der Waals surface area contributed by atoms with Gasteiger partial charge in [0, 0.05) is 31.5 Å². The third-order valence-electron chi connectivity index (χ3n) is 3.69. The van der Waals surface area contributed by atoms with Gasteiger partial charge in [-0.25, -0.2) is 4.98 Å². The van der Waals surface area contributed by atoms with Crippen molar-refractivity contribution in [1.82, 2.24) is 14.9 Å². The molecule has 0 radical (unpaired) electrons. The van der Waals surface area contributed by atoms with E-state index in [1.54, 1.807) is 0 Å². The van der Waals surface area contributed by atoms with Crippen molar-refractivity contribution in [3.63, 3.8) is 0 Å². The Kier molecular flexibility index (Phi) is 4.40. The fraction of sp³-hybridized carbons (Fsp3) is 0.786. The zero-order chi connectivity index (χ0) is 13.0. The molecule has 1 fully saturated rings. The molecule has 102 valence electrons. The standard InChI is InChI=1S/C14H25N3O/c1-12(2)8-15-9-13-10-17(11-16-13)14(3)4-6-18-7-5-14/h10-12,15H,4-9H2,1-3H3. The van der Waals surface area contributed by atoms with Crippen LogP contribution in [0.3, 0.4) is 0 Å². The molecule has 2 heterocycles. The highest BCUT2D eigenvalue weighted by atomic mass is 16.5. The lowest BCUT2D eigenvalue weighted by Gasteiger charge is -2.34. The first-order valence-corrected chi connectivity index (χ1v) is 6.92. The molecule has 2 rings (SSSR count). The van der Waals surface area contributed by atoms with Crippen molar-refractivity contribution in [2.45, 2.75) is 45.7 Å². The second-order valence-electron chi connectivity index (χ2n) is 5.91. The molecule has 1 aliphatic heterocycles. The molecule has 0 amide bonds. The highest BCUT2D eigenvalue weighted by Gasteiger charge is 2.29. The zero-order valence-electron chi connectivity index (χ0n) is 11.8. The average molecular weight is 251 g/mol. The number of nitrogens with one attached hydrogen (secondary N) is 1.